The molecule has 0 aliphatic rings. The van der Waals surface area contributed by atoms with Crippen LogP contribution in [0, 0.1) is 5.92 Å². The van der Waals surface area contributed by atoms with Gasteiger partial charge in [-0.15, -0.1) is 0 Å². The first kappa shape index (κ1) is 38.4. The van der Waals surface area contributed by atoms with Crippen molar-refractivity contribution in [2.24, 2.45) is 5.92 Å². The lowest BCUT2D eigenvalue weighted by atomic mass is 10.0. The summed E-state index contributed by atoms with van der Waals surface area (Å²) in [5.74, 6) is -0.224. The van der Waals surface area contributed by atoms with Crippen molar-refractivity contribution in [2.75, 3.05) is 38.7 Å². The standard InChI is InChI=1S/C37H41Cl2N3O7S/c1-25(2)22-40-37(44)32(19-26-9-7-6-8-10-26)41(23-27-11-13-28(38)14-12-27)36(43)24-42(31-20-29(39)15-17-33(31)47-3)50(45,46)30-16-18-34(48-4)35(21-30)49-5/h6-18,20-21,25,32H,19,22-24H2,1-5H3,(H,40,44)/t32-/m1/s1. The van der Waals surface area contributed by atoms with Crippen LogP contribution in [-0.2, 0) is 32.6 Å². The summed E-state index contributed by atoms with van der Waals surface area (Å²) in [6, 6.07) is 23.8. The summed E-state index contributed by atoms with van der Waals surface area (Å²) in [7, 11) is -0.287. The molecule has 0 radical (unpaired) electrons. The maximum absolute atomic E-state index is 14.8. The molecule has 0 aliphatic heterocycles. The highest BCUT2D eigenvalue weighted by Gasteiger charge is 2.36. The van der Waals surface area contributed by atoms with Crippen molar-refractivity contribution in [3.63, 3.8) is 0 Å². The average Bonchev–Trinajstić information content (AvgIpc) is 3.11. The molecule has 0 saturated heterocycles. The van der Waals surface area contributed by atoms with E-state index in [1.807, 2.05) is 44.2 Å². The van der Waals surface area contributed by atoms with E-state index in [0.29, 0.717) is 22.9 Å². The van der Waals surface area contributed by atoms with Crippen LogP contribution in [0.3, 0.4) is 0 Å². The van der Waals surface area contributed by atoms with Crippen LogP contribution in [0.2, 0.25) is 10.0 Å². The van der Waals surface area contributed by atoms with E-state index in [2.05, 4.69) is 5.32 Å². The number of halogens is 2. The van der Waals surface area contributed by atoms with Gasteiger partial charge in [-0.1, -0.05) is 79.5 Å². The molecule has 0 unspecified atom stereocenters. The third-order valence-electron chi connectivity index (χ3n) is 7.85. The van der Waals surface area contributed by atoms with Gasteiger partial charge in [0.15, 0.2) is 11.5 Å². The summed E-state index contributed by atoms with van der Waals surface area (Å²) in [4.78, 5) is 30.0. The van der Waals surface area contributed by atoms with Crippen LogP contribution < -0.4 is 23.8 Å². The quantitative estimate of drug-likeness (QED) is 0.137. The minimum absolute atomic E-state index is 0.0144. The lowest BCUT2D eigenvalue weighted by Gasteiger charge is -2.34. The Balaban J connectivity index is 1.87. The van der Waals surface area contributed by atoms with E-state index in [4.69, 9.17) is 37.4 Å². The number of carbonyl (C=O) groups is 2. The van der Waals surface area contributed by atoms with Gasteiger partial charge in [0.25, 0.3) is 10.0 Å². The number of benzene rings is 4. The summed E-state index contributed by atoms with van der Waals surface area (Å²) in [6.45, 7) is 3.60. The molecule has 0 aromatic heterocycles. The molecule has 1 atom stereocenters. The summed E-state index contributed by atoms with van der Waals surface area (Å²) < 4.78 is 46.3. The van der Waals surface area contributed by atoms with Gasteiger partial charge < -0.3 is 24.4 Å². The van der Waals surface area contributed by atoms with Crippen LogP contribution in [0.1, 0.15) is 25.0 Å². The molecule has 1 N–H and O–H groups in total. The van der Waals surface area contributed by atoms with Gasteiger partial charge in [0.2, 0.25) is 11.8 Å². The van der Waals surface area contributed by atoms with E-state index < -0.39 is 28.5 Å². The minimum atomic E-state index is -4.50. The van der Waals surface area contributed by atoms with Crippen LogP contribution in [0.25, 0.3) is 0 Å². The van der Waals surface area contributed by atoms with Crippen molar-refractivity contribution in [1.29, 1.82) is 0 Å². The molecule has 0 spiro atoms. The van der Waals surface area contributed by atoms with E-state index in [9.17, 15) is 18.0 Å². The van der Waals surface area contributed by atoms with Gasteiger partial charge in [0.05, 0.1) is 31.9 Å². The second-order valence-electron chi connectivity index (χ2n) is 11.8. The number of hydrogen-bond donors (Lipinski definition) is 1. The van der Waals surface area contributed by atoms with Gasteiger partial charge >= 0.3 is 0 Å². The first-order valence-electron chi connectivity index (χ1n) is 15.8. The van der Waals surface area contributed by atoms with Gasteiger partial charge in [-0.2, -0.15) is 0 Å². The lowest BCUT2D eigenvalue weighted by molar-refractivity contribution is -0.140. The minimum Gasteiger partial charge on any atom is -0.495 e. The molecule has 4 rings (SSSR count). The summed E-state index contributed by atoms with van der Waals surface area (Å²) in [6.07, 6.45) is 0.174. The van der Waals surface area contributed by atoms with E-state index in [0.717, 1.165) is 9.87 Å². The second kappa shape index (κ2) is 17.5. The molecular weight excluding hydrogens is 701 g/mol. The topological polar surface area (TPSA) is 114 Å². The maximum atomic E-state index is 14.8. The number of nitrogens with zero attached hydrogens (tertiary/aromatic N) is 2. The number of ether oxygens (including phenoxy) is 3. The molecule has 0 heterocycles. The molecule has 4 aromatic carbocycles. The van der Waals surface area contributed by atoms with Crippen LogP contribution in [-0.4, -0.2) is 65.6 Å². The summed E-state index contributed by atoms with van der Waals surface area (Å²) in [5.41, 5.74) is 1.53. The zero-order valence-corrected chi connectivity index (χ0v) is 30.9. The van der Waals surface area contributed by atoms with Crippen molar-refractivity contribution in [1.82, 2.24) is 10.2 Å². The molecule has 13 heteroatoms. The first-order chi connectivity index (χ1) is 23.9. The molecular formula is C37H41Cl2N3O7S. The van der Waals surface area contributed by atoms with E-state index in [1.54, 1.807) is 30.3 Å². The third-order valence-corrected chi connectivity index (χ3v) is 10.1. The average molecular weight is 743 g/mol. The van der Waals surface area contributed by atoms with Crippen molar-refractivity contribution in [2.45, 2.75) is 37.8 Å². The van der Waals surface area contributed by atoms with Gasteiger partial charge in [0.1, 0.15) is 18.3 Å². The lowest BCUT2D eigenvalue weighted by Crippen LogP contribution is -2.53. The molecule has 2 amide bonds. The van der Waals surface area contributed by atoms with E-state index >= 15 is 0 Å². The normalized spacial score (nSPS) is 11.8. The first-order valence-corrected chi connectivity index (χ1v) is 18.0. The second-order valence-corrected chi connectivity index (χ2v) is 14.6. The van der Waals surface area contributed by atoms with Crippen molar-refractivity contribution in [3.05, 3.63) is 112 Å². The highest BCUT2D eigenvalue weighted by Crippen LogP contribution is 2.37. The SMILES string of the molecule is COc1ccc(S(=O)(=O)N(CC(=O)N(Cc2ccc(Cl)cc2)[C@H](Cc2ccccc2)C(=O)NCC(C)C)c2cc(Cl)ccc2OC)cc1OC. The largest absolute Gasteiger partial charge is 0.495 e. The smallest absolute Gasteiger partial charge is 0.265 e. The number of methoxy groups -OCH3 is 3. The van der Waals surface area contributed by atoms with Crippen LogP contribution >= 0.6 is 23.2 Å². The Bertz CT molecular complexity index is 1870. The van der Waals surface area contributed by atoms with Gasteiger partial charge in [0, 0.05) is 35.6 Å². The van der Waals surface area contributed by atoms with Crippen molar-refractivity contribution >= 4 is 50.7 Å². The zero-order chi connectivity index (χ0) is 36.4. The molecule has 0 aliphatic carbocycles. The number of anilines is 1. The van der Waals surface area contributed by atoms with Crippen molar-refractivity contribution < 1.29 is 32.2 Å². The number of nitrogens with one attached hydrogen (secondary N) is 1. The zero-order valence-electron chi connectivity index (χ0n) is 28.6. The van der Waals surface area contributed by atoms with Gasteiger partial charge in [-0.3, -0.25) is 13.9 Å². The van der Waals surface area contributed by atoms with Crippen LogP contribution in [0.5, 0.6) is 17.2 Å². The Morgan fingerprint density at radius 2 is 1.38 bits per heavy atom. The Hall–Kier alpha value is -4.45. The number of sulfonamides is 1. The monoisotopic (exact) mass is 741 g/mol. The highest BCUT2D eigenvalue weighted by molar-refractivity contribution is 7.92. The Kier molecular flexibility index (Phi) is 13.4. The molecule has 50 heavy (non-hydrogen) atoms. The maximum Gasteiger partial charge on any atom is 0.265 e. The Morgan fingerprint density at radius 3 is 2.00 bits per heavy atom. The summed E-state index contributed by atoms with van der Waals surface area (Å²) >= 11 is 12.6. The number of carbonyl (C=O) groups excluding carboxylic acids is 2. The molecule has 0 fully saturated rings. The fourth-order valence-electron chi connectivity index (χ4n) is 5.24. The van der Waals surface area contributed by atoms with Crippen LogP contribution in [0.15, 0.2) is 95.9 Å². The highest BCUT2D eigenvalue weighted by atomic mass is 35.5. The Morgan fingerprint density at radius 1 is 0.760 bits per heavy atom. The molecule has 0 saturated carbocycles. The predicted octanol–water partition coefficient (Wildman–Crippen LogP) is 6.63. The predicted molar refractivity (Wildman–Crippen MR) is 196 cm³/mol. The Labute approximate surface area is 303 Å². The molecule has 4 aromatic rings. The summed E-state index contributed by atoms with van der Waals surface area (Å²) in [5, 5.41) is 3.69. The van der Waals surface area contributed by atoms with Gasteiger partial charge in [-0.25, -0.2) is 8.42 Å². The number of hydrogen-bond acceptors (Lipinski definition) is 7. The van der Waals surface area contributed by atoms with Gasteiger partial charge in [-0.05, 0) is 59.5 Å². The molecule has 266 valence electrons. The fourth-order valence-corrected chi connectivity index (χ4v) is 6.96. The van der Waals surface area contributed by atoms with Crippen LogP contribution in [0.4, 0.5) is 5.69 Å². The fraction of sp³-hybridized carbons (Fsp3) is 0.297. The molecule has 0 bridgehead atoms. The molecule has 10 nitrogen and oxygen atoms in total. The number of rotatable bonds is 16. The van der Waals surface area contributed by atoms with E-state index in [1.165, 1.54) is 56.6 Å². The van der Waals surface area contributed by atoms with E-state index in [-0.39, 0.29) is 51.9 Å². The third kappa shape index (κ3) is 9.62. The number of amides is 2. The van der Waals surface area contributed by atoms with Crippen molar-refractivity contribution in [3.8, 4) is 17.2 Å².